The molecule has 0 atom stereocenters. The molecular weight excluding hydrogens is 281 g/mol. The molecule has 0 fully saturated rings. The number of ether oxygens (including phenoxy) is 1. The maximum atomic E-state index is 12.9. The van der Waals surface area contributed by atoms with Crippen LogP contribution in [0.2, 0.25) is 0 Å². The number of ketones is 1. The van der Waals surface area contributed by atoms with Crippen LogP contribution in [0.3, 0.4) is 0 Å². The van der Waals surface area contributed by atoms with E-state index >= 15 is 0 Å². The van der Waals surface area contributed by atoms with E-state index in [2.05, 4.69) is 0 Å². The molecule has 2 aromatic carbocycles. The topological polar surface area (TPSA) is 50.1 Å². The zero-order valence-corrected chi connectivity index (χ0v) is 12.0. The van der Waals surface area contributed by atoms with Gasteiger partial charge in [0.15, 0.2) is 0 Å². The second kappa shape index (κ2) is 7.19. The molecule has 110 valence electrons. The van der Waals surface area contributed by atoms with Gasteiger partial charge in [-0.2, -0.15) is 5.26 Å². The first-order valence-corrected chi connectivity index (χ1v) is 6.79. The van der Waals surface area contributed by atoms with Crippen molar-refractivity contribution >= 4 is 11.9 Å². The SMILES string of the molecule is CCOc1cccc(/C=C(\C#N)C(=O)c2ccc(F)cc2)c1. The first kappa shape index (κ1) is 15.5. The number of Topliss-reactive ketones (excluding diaryl/α,β-unsaturated/α-hetero) is 1. The molecule has 0 N–H and O–H groups in total. The fourth-order valence-corrected chi connectivity index (χ4v) is 1.93. The Kier molecular flexibility index (Phi) is 5.05. The van der Waals surface area contributed by atoms with Gasteiger partial charge in [-0.05, 0) is 55.0 Å². The summed E-state index contributed by atoms with van der Waals surface area (Å²) in [5, 5.41) is 9.20. The second-order valence-corrected chi connectivity index (χ2v) is 4.51. The van der Waals surface area contributed by atoms with Crippen molar-refractivity contribution in [2.75, 3.05) is 6.61 Å². The summed E-state index contributed by atoms with van der Waals surface area (Å²) in [6.45, 7) is 2.41. The number of nitrogens with zero attached hydrogens (tertiary/aromatic N) is 1. The van der Waals surface area contributed by atoms with Crippen LogP contribution in [-0.4, -0.2) is 12.4 Å². The van der Waals surface area contributed by atoms with E-state index in [-0.39, 0.29) is 11.1 Å². The second-order valence-electron chi connectivity index (χ2n) is 4.51. The Hall–Kier alpha value is -2.93. The predicted molar refractivity (Wildman–Crippen MR) is 81.9 cm³/mol. The minimum atomic E-state index is -0.440. The van der Waals surface area contributed by atoms with Gasteiger partial charge in [-0.1, -0.05) is 12.1 Å². The van der Waals surface area contributed by atoms with Gasteiger partial charge in [0, 0.05) is 5.56 Å². The van der Waals surface area contributed by atoms with Gasteiger partial charge in [-0.15, -0.1) is 0 Å². The van der Waals surface area contributed by atoms with E-state index in [4.69, 9.17) is 4.74 Å². The third kappa shape index (κ3) is 3.80. The van der Waals surface area contributed by atoms with E-state index in [1.165, 1.54) is 30.3 Å². The van der Waals surface area contributed by atoms with Crippen molar-refractivity contribution in [2.45, 2.75) is 6.92 Å². The third-order valence-electron chi connectivity index (χ3n) is 2.95. The van der Waals surface area contributed by atoms with Crippen LogP contribution in [0.25, 0.3) is 6.08 Å². The highest BCUT2D eigenvalue weighted by molar-refractivity contribution is 6.14. The van der Waals surface area contributed by atoms with E-state index in [1.54, 1.807) is 24.3 Å². The molecule has 0 unspecified atom stereocenters. The molecule has 0 aliphatic heterocycles. The Labute approximate surface area is 128 Å². The Morgan fingerprint density at radius 3 is 2.64 bits per heavy atom. The molecule has 0 saturated heterocycles. The van der Waals surface area contributed by atoms with E-state index in [9.17, 15) is 14.4 Å². The molecule has 0 saturated carbocycles. The van der Waals surface area contributed by atoms with Gasteiger partial charge in [0.05, 0.1) is 6.61 Å². The quantitative estimate of drug-likeness (QED) is 0.475. The Morgan fingerprint density at radius 2 is 2.00 bits per heavy atom. The summed E-state index contributed by atoms with van der Waals surface area (Å²) in [5.74, 6) is -0.199. The van der Waals surface area contributed by atoms with Crippen molar-refractivity contribution in [2.24, 2.45) is 0 Å². The van der Waals surface area contributed by atoms with Crippen molar-refractivity contribution in [1.29, 1.82) is 5.26 Å². The van der Waals surface area contributed by atoms with Gasteiger partial charge in [0.2, 0.25) is 5.78 Å². The first-order chi connectivity index (χ1) is 10.6. The first-order valence-electron chi connectivity index (χ1n) is 6.79. The van der Waals surface area contributed by atoms with E-state index in [1.807, 2.05) is 13.0 Å². The average molecular weight is 295 g/mol. The predicted octanol–water partition coefficient (Wildman–Crippen LogP) is 4.01. The summed E-state index contributed by atoms with van der Waals surface area (Å²) in [6.07, 6.45) is 1.49. The number of carbonyl (C=O) groups is 1. The van der Waals surface area contributed by atoms with E-state index in [0.29, 0.717) is 17.9 Å². The highest BCUT2D eigenvalue weighted by Crippen LogP contribution is 2.18. The number of benzene rings is 2. The summed E-state index contributed by atoms with van der Waals surface area (Å²) in [7, 11) is 0. The Bertz CT molecular complexity index is 742. The van der Waals surface area contributed by atoms with Crippen molar-refractivity contribution in [3.05, 3.63) is 71.0 Å². The van der Waals surface area contributed by atoms with Gasteiger partial charge in [-0.3, -0.25) is 4.79 Å². The minimum Gasteiger partial charge on any atom is -0.494 e. The molecule has 0 bridgehead atoms. The summed E-state index contributed by atoms with van der Waals surface area (Å²) in [6, 6.07) is 14.1. The van der Waals surface area contributed by atoms with Gasteiger partial charge >= 0.3 is 0 Å². The van der Waals surface area contributed by atoms with Crippen molar-refractivity contribution in [3.63, 3.8) is 0 Å². The van der Waals surface area contributed by atoms with Gasteiger partial charge in [0.25, 0.3) is 0 Å². The number of hydrogen-bond acceptors (Lipinski definition) is 3. The molecule has 2 aromatic rings. The normalized spacial score (nSPS) is 10.9. The molecule has 0 radical (unpaired) electrons. The lowest BCUT2D eigenvalue weighted by molar-refractivity contribution is 0.104. The van der Waals surface area contributed by atoms with E-state index < -0.39 is 11.6 Å². The molecule has 2 rings (SSSR count). The zero-order valence-electron chi connectivity index (χ0n) is 12.0. The molecule has 0 aliphatic carbocycles. The van der Waals surface area contributed by atoms with Crippen LogP contribution in [0, 0.1) is 17.1 Å². The summed E-state index contributed by atoms with van der Waals surface area (Å²) < 4.78 is 18.3. The summed E-state index contributed by atoms with van der Waals surface area (Å²) >= 11 is 0. The summed E-state index contributed by atoms with van der Waals surface area (Å²) in [5.41, 5.74) is 0.952. The molecule has 0 aliphatic rings. The monoisotopic (exact) mass is 295 g/mol. The number of allylic oxidation sites excluding steroid dienone is 1. The fourth-order valence-electron chi connectivity index (χ4n) is 1.93. The standard InChI is InChI=1S/C18H14FNO2/c1-2-22-17-5-3-4-13(11-17)10-15(12-20)18(21)14-6-8-16(19)9-7-14/h3-11H,2H2,1H3/b15-10+. The number of nitriles is 1. The van der Waals surface area contributed by atoms with Crippen LogP contribution in [-0.2, 0) is 0 Å². The van der Waals surface area contributed by atoms with Crippen molar-refractivity contribution in [1.82, 2.24) is 0 Å². The van der Waals surface area contributed by atoms with Gasteiger partial charge in [-0.25, -0.2) is 4.39 Å². The van der Waals surface area contributed by atoms with Crippen LogP contribution in [0.5, 0.6) is 5.75 Å². The lowest BCUT2D eigenvalue weighted by Gasteiger charge is -2.04. The average Bonchev–Trinajstić information content (AvgIpc) is 2.53. The molecule has 0 spiro atoms. The number of carbonyl (C=O) groups excluding carboxylic acids is 1. The zero-order chi connectivity index (χ0) is 15.9. The third-order valence-corrected chi connectivity index (χ3v) is 2.95. The van der Waals surface area contributed by atoms with Crippen molar-refractivity contribution < 1.29 is 13.9 Å². The molecule has 22 heavy (non-hydrogen) atoms. The molecule has 0 amide bonds. The van der Waals surface area contributed by atoms with Crippen LogP contribution in [0.15, 0.2) is 54.1 Å². The number of hydrogen-bond donors (Lipinski definition) is 0. The van der Waals surface area contributed by atoms with Crippen LogP contribution >= 0.6 is 0 Å². The minimum absolute atomic E-state index is 0.0137. The Morgan fingerprint density at radius 1 is 1.27 bits per heavy atom. The maximum absolute atomic E-state index is 12.9. The van der Waals surface area contributed by atoms with E-state index in [0.717, 1.165) is 0 Å². The highest BCUT2D eigenvalue weighted by atomic mass is 19.1. The van der Waals surface area contributed by atoms with Crippen molar-refractivity contribution in [3.8, 4) is 11.8 Å². The number of halogens is 1. The molecule has 0 heterocycles. The smallest absolute Gasteiger partial charge is 0.203 e. The Balaban J connectivity index is 2.31. The molecule has 4 heteroatoms. The highest BCUT2D eigenvalue weighted by Gasteiger charge is 2.12. The van der Waals surface area contributed by atoms with Gasteiger partial charge in [0.1, 0.15) is 23.2 Å². The van der Waals surface area contributed by atoms with Crippen LogP contribution in [0.4, 0.5) is 4.39 Å². The summed E-state index contributed by atoms with van der Waals surface area (Å²) in [4.78, 5) is 12.3. The maximum Gasteiger partial charge on any atom is 0.203 e. The molecule has 3 nitrogen and oxygen atoms in total. The van der Waals surface area contributed by atoms with Crippen LogP contribution in [0.1, 0.15) is 22.8 Å². The lowest BCUT2D eigenvalue weighted by atomic mass is 10.0. The molecular formula is C18H14FNO2. The number of rotatable bonds is 5. The largest absolute Gasteiger partial charge is 0.494 e. The van der Waals surface area contributed by atoms with Crippen LogP contribution < -0.4 is 4.74 Å². The lowest BCUT2D eigenvalue weighted by Crippen LogP contribution is -2.02. The van der Waals surface area contributed by atoms with Gasteiger partial charge < -0.3 is 4.74 Å². The fraction of sp³-hybridized carbons (Fsp3) is 0.111. The molecule has 0 aromatic heterocycles.